The molecule has 2 aromatic carbocycles. The summed E-state index contributed by atoms with van der Waals surface area (Å²) in [4.78, 5) is 14.4. The van der Waals surface area contributed by atoms with Crippen LogP contribution in [0.5, 0.6) is 5.75 Å². The summed E-state index contributed by atoms with van der Waals surface area (Å²) in [6.45, 7) is 4.62. The first kappa shape index (κ1) is 20.5. The monoisotopic (exact) mass is 422 g/mol. The molecule has 1 amide bonds. The highest BCUT2D eigenvalue weighted by Gasteiger charge is 2.19. The molecule has 0 N–H and O–H groups in total. The predicted molar refractivity (Wildman–Crippen MR) is 119 cm³/mol. The van der Waals surface area contributed by atoms with Gasteiger partial charge in [-0.1, -0.05) is 36.0 Å². The number of amides is 1. The molecule has 0 saturated carbocycles. The minimum absolute atomic E-state index is 0.139. The largest absolute Gasteiger partial charge is 0.497 e. The van der Waals surface area contributed by atoms with Gasteiger partial charge in [0.1, 0.15) is 5.75 Å². The van der Waals surface area contributed by atoms with Crippen molar-refractivity contribution in [2.24, 2.45) is 0 Å². The van der Waals surface area contributed by atoms with Crippen LogP contribution in [0.4, 0.5) is 0 Å². The van der Waals surface area contributed by atoms with Gasteiger partial charge in [-0.2, -0.15) is 0 Å². The summed E-state index contributed by atoms with van der Waals surface area (Å²) in [7, 11) is 1.66. The number of hydrogen-bond donors (Lipinski definition) is 0. The van der Waals surface area contributed by atoms with E-state index in [4.69, 9.17) is 4.74 Å². The molecule has 0 unspecified atom stereocenters. The van der Waals surface area contributed by atoms with E-state index in [2.05, 4.69) is 21.7 Å². The van der Waals surface area contributed by atoms with Gasteiger partial charge in [0.15, 0.2) is 11.0 Å². The molecule has 1 fully saturated rings. The Balaban J connectivity index is 1.45. The van der Waals surface area contributed by atoms with Crippen LogP contribution in [0.2, 0.25) is 0 Å². The van der Waals surface area contributed by atoms with Gasteiger partial charge < -0.3 is 14.2 Å². The van der Waals surface area contributed by atoms with Crippen LogP contribution in [0.25, 0.3) is 11.4 Å². The molecular formula is C23H26N4O2S. The van der Waals surface area contributed by atoms with Crippen LogP contribution >= 0.6 is 11.8 Å². The van der Waals surface area contributed by atoms with Gasteiger partial charge in [-0.3, -0.25) is 4.79 Å². The van der Waals surface area contributed by atoms with E-state index in [1.54, 1.807) is 18.9 Å². The third-order valence-electron chi connectivity index (χ3n) is 5.32. The number of ether oxygens (including phenoxy) is 1. The van der Waals surface area contributed by atoms with Gasteiger partial charge in [0.25, 0.3) is 5.91 Å². The number of carbonyl (C=O) groups excluding carboxylic acids is 1. The summed E-state index contributed by atoms with van der Waals surface area (Å²) in [5, 5.41) is 9.70. The Bertz CT molecular complexity index is 1010. The molecule has 7 heteroatoms. The van der Waals surface area contributed by atoms with Gasteiger partial charge in [0, 0.05) is 36.5 Å². The highest BCUT2D eigenvalue weighted by molar-refractivity contribution is 7.98. The smallest absolute Gasteiger partial charge is 0.253 e. The van der Waals surface area contributed by atoms with Crippen molar-refractivity contribution in [3.05, 3.63) is 59.7 Å². The van der Waals surface area contributed by atoms with E-state index in [0.29, 0.717) is 0 Å². The first-order chi connectivity index (χ1) is 14.7. The van der Waals surface area contributed by atoms with Gasteiger partial charge in [-0.25, -0.2) is 0 Å². The standard InChI is InChI=1S/C23H26N4O2S/c1-3-27-21(19-7-6-8-20(15-19)29-2)24-25-23(27)30-16-17-9-11-18(12-10-17)22(28)26-13-4-5-14-26/h6-12,15H,3-5,13-14,16H2,1-2H3. The average molecular weight is 423 g/mol. The minimum atomic E-state index is 0.139. The number of thioether (sulfide) groups is 1. The first-order valence-corrected chi connectivity index (χ1v) is 11.3. The lowest BCUT2D eigenvalue weighted by Crippen LogP contribution is -2.27. The quantitative estimate of drug-likeness (QED) is 0.525. The summed E-state index contributed by atoms with van der Waals surface area (Å²) >= 11 is 1.65. The third-order valence-corrected chi connectivity index (χ3v) is 6.36. The highest BCUT2D eigenvalue weighted by Crippen LogP contribution is 2.28. The molecular weight excluding hydrogens is 396 g/mol. The van der Waals surface area contributed by atoms with Crippen LogP contribution in [0.1, 0.15) is 35.7 Å². The molecule has 2 heterocycles. The topological polar surface area (TPSA) is 60.2 Å². The van der Waals surface area contributed by atoms with E-state index >= 15 is 0 Å². The zero-order valence-corrected chi connectivity index (χ0v) is 18.2. The molecule has 1 aliphatic heterocycles. The fourth-order valence-corrected chi connectivity index (χ4v) is 4.61. The Morgan fingerprint density at radius 1 is 1.10 bits per heavy atom. The maximum absolute atomic E-state index is 12.5. The van der Waals surface area contributed by atoms with Gasteiger partial charge in [-0.15, -0.1) is 10.2 Å². The normalized spacial score (nSPS) is 13.6. The third kappa shape index (κ3) is 4.36. The lowest BCUT2D eigenvalue weighted by Gasteiger charge is -2.15. The van der Waals surface area contributed by atoms with Gasteiger partial charge in [0.05, 0.1) is 7.11 Å². The Morgan fingerprint density at radius 3 is 2.57 bits per heavy atom. The van der Waals surface area contributed by atoms with E-state index in [9.17, 15) is 4.79 Å². The van der Waals surface area contributed by atoms with E-state index in [-0.39, 0.29) is 5.91 Å². The summed E-state index contributed by atoms with van der Waals surface area (Å²) in [6.07, 6.45) is 2.21. The van der Waals surface area contributed by atoms with Crippen molar-refractivity contribution in [3.63, 3.8) is 0 Å². The van der Waals surface area contributed by atoms with Gasteiger partial charge in [0.2, 0.25) is 0 Å². The van der Waals surface area contributed by atoms with Crippen molar-refractivity contribution in [1.82, 2.24) is 19.7 Å². The fourth-order valence-electron chi connectivity index (χ4n) is 3.65. The van der Waals surface area contributed by atoms with Crippen molar-refractivity contribution in [2.75, 3.05) is 20.2 Å². The number of hydrogen-bond acceptors (Lipinski definition) is 5. The lowest BCUT2D eigenvalue weighted by molar-refractivity contribution is 0.0793. The second-order valence-electron chi connectivity index (χ2n) is 7.27. The number of rotatable bonds is 7. The number of aromatic nitrogens is 3. The van der Waals surface area contributed by atoms with Crippen LogP contribution in [0.3, 0.4) is 0 Å². The predicted octanol–water partition coefficient (Wildman–Crippen LogP) is 4.50. The van der Waals surface area contributed by atoms with Crippen molar-refractivity contribution in [2.45, 2.75) is 37.2 Å². The zero-order valence-electron chi connectivity index (χ0n) is 17.4. The van der Waals surface area contributed by atoms with Crippen LogP contribution in [0, 0.1) is 0 Å². The maximum Gasteiger partial charge on any atom is 0.253 e. The Hall–Kier alpha value is -2.80. The molecule has 0 atom stereocenters. The molecule has 0 bridgehead atoms. The molecule has 1 aliphatic rings. The Labute approximate surface area is 181 Å². The summed E-state index contributed by atoms with van der Waals surface area (Å²) in [5.41, 5.74) is 2.91. The summed E-state index contributed by atoms with van der Waals surface area (Å²) in [5.74, 6) is 2.55. The summed E-state index contributed by atoms with van der Waals surface area (Å²) < 4.78 is 7.45. The molecule has 4 rings (SSSR count). The first-order valence-electron chi connectivity index (χ1n) is 10.3. The SMILES string of the molecule is CCn1c(SCc2ccc(C(=O)N3CCCC3)cc2)nnc1-c1cccc(OC)c1. The second-order valence-corrected chi connectivity index (χ2v) is 8.21. The highest BCUT2D eigenvalue weighted by atomic mass is 32.2. The lowest BCUT2D eigenvalue weighted by atomic mass is 10.1. The average Bonchev–Trinajstić information content (AvgIpc) is 3.47. The van der Waals surface area contributed by atoms with Crippen molar-refractivity contribution in [1.29, 1.82) is 0 Å². The number of benzene rings is 2. The molecule has 1 aromatic heterocycles. The molecule has 6 nitrogen and oxygen atoms in total. The molecule has 3 aromatic rings. The zero-order chi connectivity index (χ0) is 20.9. The molecule has 0 radical (unpaired) electrons. The molecule has 1 saturated heterocycles. The molecule has 156 valence electrons. The van der Waals surface area contributed by atoms with Gasteiger partial charge in [-0.05, 0) is 49.6 Å². The van der Waals surface area contributed by atoms with Crippen LogP contribution in [-0.2, 0) is 12.3 Å². The van der Waals surface area contributed by atoms with E-state index < -0.39 is 0 Å². The van der Waals surface area contributed by atoms with Crippen molar-refractivity contribution in [3.8, 4) is 17.1 Å². The van der Waals surface area contributed by atoms with Crippen molar-refractivity contribution < 1.29 is 9.53 Å². The van der Waals surface area contributed by atoms with E-state index in [0.717, 1.165) is 71.6 Å². The number of likely N-dealkylation sites (tertiary alicyclic amines) is 1. The summed E-state index contributed by atoms with van der Waals surface area (Å²) in [6, 6.07) is 15.8. The van der Waals surface area contributed by atoms with Crippen LogP contribution in [-0.4, -0.2) is 45.8 Å². The van der Waals surface area contributed by atoms with E-state index in [1.807, 2.05) is 53.4 Å². The Morgan fingerprint density at radius 2 is 1.87 bits per heavy atom. The number of nitrogens with zero attached hydrogens (tertiary/aromatic N) is 4. The van der Waals surface area contributed by atoms with Crippen LogP contribution < -0.4 is 4.74 Å². The van der Waals surface area contributed by atoms with Crippen molar-refractivity contribution >= 4 is 17.7 Å². The molecule has 30 heavy (non-hydrogen) atoms. The fraction of sp³-hybridized carbons (Fsp3) is 0.348. The Kier molecular flexibility index (Phi) is 6.38. The van der Waals surface area contributed by atoms with E-state index in [1.165, 1.54) is 0 Å². The molecule has 0 aliphatic carbocycles. The second kappa shape index (κ2) is 9.34. The number of methoxy groups -OCH3 is 1. The maximum atomic E-state index is 12.5. The van der Waals surface area contributed by atoms with Crippen LogP contribution in [0.15, 0.2) is 53.7 Å². The molecule has 0 spiro atoms. The van der Waals surface area contributed by atoms with Gasteiger partial charge >= 0.3 is 0 Å². The number of carbonyl (C=O) groups is 1. The minimum Gasteiger partial charge on any atom is -0.497 e.